The van der Waals surface area contributed by atoms with E-state index in [9.17, 15) is 9.90 Å². The number of hydrogen-bond donors (Lipinski definition) is 4. The summed E-state index contributed by atoms with van der Waals surface area (Å²) in [6, 6.07) is 4.71. The van der Waals surface area contributed by atoms with Crippen molar-refractivity contribution in [1.29, 1.82) is 0 Å². The third-order valence-corrected chi connectivity index (χ3v) is 2.80. The van der Waals surface area contributed by atoms with E-state index in [2.05, 4.69) is 26.4 Å². The molecule has 0 radical (unpaired) electrons. The zero-order valence-electron chi connectivity index (χ0n) is 9.43. The third kappa shape index (κ3) is 4.01. The van der Waals surface area contributed by atoms with Crippen molar-refractivity contribution < 1.29 is 20.2 Å². The van der Waals surface area contributed by atoms with E-state index in [1.807, 2.05) is 0 Å². The van der Waals surface area contributed by atoms with Crippen LogP contribution in [0.4, 0.5) is 0 Å². The van der Waals surface area contributed by atoms with E-state index in [1.54, 1.807) is 12.1 Å². The maximum atomic E-state index is 11.5. The summed E-state index contributed by atoms with van der Waals surface area (Å²) in [5, 5.41) is 32.0. The van der Waals surface area contributed by atoms with Crippen molar-refractivity contribution >= 4 is 27.5 Å². The van der Waals surface area contributed by atoms with Gasteiger partial charge in [0.2, 0.25) is 0 Å². The molecular formula is C11H13BrN2O4. The molecule has 0 aliphatic carbocycles. The van der Waals surface area contributed by atoms with Crippen LogP contribution < -0.4 is 5.32 Å². The van der Waals surface area contributed by atoms with Crippen molar-refractivity contribution in [2.24, 2.45) is 5.16 Å². The Hall–Kier alpha value is -1.60. The highest BCUT2D eigenvalue weighted by atomic mass is 79.9. The Morgan fingerprint density at radius 2 is 2.17 bits per heavy atom. The van der Waals surface area contributed by atoms with Gasteiger partial charge in [-0.3, -0.25) is 4.79 Å². The minimum Gasteiger partial charge on any atom is -0.507 e. The number of oxime groups is 1. The smallest absolute Gasteiger partial charge is 0.269 e. The van der Waals surface area contributed by atoms with Crippen molar-refractivity contribution in [2.75, 3.05) is 13.2 Å². The van der Waals surface area contributed by atoms with E-state index in [-0.39, 0.29) is 31.0 Å². The van der Waals surface area contributed by atoms with Gasteiger partial charge in [-0.2, -0.15) is 0 Å². The second kappa shape index (κ2) is 6.97. The molecule has 4 N–H and O–H groups in total. The highest BCUT2D eigenvalue weighted by molar-refractivity contribution is 9.10. The fourth-order valence-corrected chi connectivity index (χ4v) is 1.71. The summed E-state index contributed by atoms with van der Waals surface area (Å²) in [5.41, 5.74) is 0.632. The molecule has 1 aromatic rings. The van der Waals surface area contributed by atoms with Gasteiger partial charge in [0, 0.05) is 13.0 Å². The van der Waals surface area contributed by atoms with Crippen LogP contribution in [0.25, 0.3) is 0 Å². The Kier molecular flexibility index (Phi) is 5.60. The number of phenolic OH excluding ortho intramolecular Hbond substituents is 1. The van der Waals surface area contributed by atoms with Crippen LogP contribution in [0.5, 0.6) is 5.75 Å². The Morgan fingerprint density at radius 1 is 1.44 bits per heavy atom. The maximum absolute atomic E-state index is 11.5. The molecular weight excluding hydrogens is 304 g/mol. The van der Waals surface area contributed by atoms with Crippen molar-refractivity contribution in [3.8, 4) is 5.75 Å². The Morgan fingerprint density at radius 3 is 2.72 bits per heavy atom. The summed E-state index contributed by atoms with van der Waals surface area (Å²) in [6.07, 6.45) is 0.118. The number of nitrogens with zero attached hydrogens (tertiary/aromatic N) is 1. The molecule has 0 unspecified atom stereocenters. The van der Waals surface area contributed by atoms with Crippen LogP contribution in [0, 0.1) is 0 Å². The van der Waals surface area contributed by atoms with Gasteiger partial charge in [0.25, 0.3) is 5.91 Å². The number of aromatic hydroxyl groups is 1. The molecule has 18 heavy (non-hydrogen) atoms. The van der Waals surface area contributed by atoms with Gasteiger partial charge in [0.1, 0.15) is 11.5 Å². The van der Waals surface area contributed by atoms with Crippen LogP contribution in [0.15, 0.2) is 27.8 Å². The number of benzene rings is 1. The average Bonchev–Trinajstić information content (AvgIpc) is 2.37. The number of amides is 1. The van der Waals surface area contributed by atoms with Gasteiger partial charge in [0.05, 0.1) is 11.1 Å². The first-order chi connectivity index (χ1) is 8.58. The summed E-state index contributed by atoms with van der Waals surface area (Å²) >= 11 is 3.15. The van der Waals surface area contributed by atoms with E-state index in [0.717, 1.165) is 0 Å². The topological polar surface area (TPSA) is 102 Å². The maximum Gasteiger partial charge on any atom is 0.269 e. The Labute approximate surface area is 112 Å². The number of aliphatic hydroxyl groups excluding tert-OH is 1. The monoisotopic (exact) mass is 316 g/mol. The molecule has 0 saturated heterocycles. The summed E-state index contributed by atoms with van der Waals surface area (Å²) in [7, 11) is 0. The molecule has 0 aliphatic heterocycles. The number of rotatable bonds is 5. The molecule has 0 aliphatic rings. The minimum absolute atomic E-state index is 0.0685. The summed E-state index contributed by atoms with van der Waals surface area (Å²) in [6.45, 7) is -0.0909. The number of aliphatic hydroxyl groups is 1. The van der Waals surface area contributed by atoms with E-state index in [4.69, 9.17) is 10.3 Å². The Balaban J connectivity index is 2.74. The number of phenols is 1. The lowest BCUT2D eigenvalue weighted by Crippen LogP contribution is -2.34. The molecule has 1 rings (SSSR count). The molecule has 0 spiro atoms. The van der Waals surface area contributed by atoms with Crippen LogP contribution in [-0.4, -0.2) is 40.2 Å². The molecule has 0 aromatic heterocycles. The van der Waals surface area contributed by atoms with E-state index >= 15 is 0 Å². The number of halogens is 1. The standard InChI is InChI=1S/C11H13BrN2O4/c12-8-5-7(1-2-10(8)16)6-9(14-18)11(17)13-3-4-15/h1-2,5,15-16,18H,3-4,6H2,(H,13,17)/b14-9+. The lowest BCUT2D eigenvalue weighted by atomic mass is 10.1. The minimum atomic E-state index is -0.546. The van der Waals surface area contributed by atoms with Crippen LogP contribution in [0.1, 0.15) is 5.56 Å². The lowest BCUT2D eigenvalue weighted by molar-refractivity contribution is -0.115. The molecule has 1 amide bonds. The first kappa shape index (κ1) is 14.5. The van der Waals surface area contributed by atoms with Gasteiger partial charge < -0.3 is 20.7 Å². The first-order valence-electron chi connectivity index (χ1n) is 5.16. The second-order valence-electron chi connectivity index (χ2n) is 3.49. The van der Waals surface area contributed by atoms with Crippen molar-refractivity contribution in [3.05, 3.63) is 28.2 Å². The molecule has 0 atom stereocenters. The third-order valence-electron chi connectivity index (χ3n) is 2.16. The molecule has 0 heterocycles. The second-order valence-corrected chi connectivity index (χ2v) is 4.34. The summed E-state index contributed by atoms with van der Waals surface area (Å²) in [4.78, 5) is 11.5. The fourth-order valence-electron chi connectivity index (χ4n) is 1.29. The van der Waals surface area contributed by atoms with Gasteiger partial charge in [-0.15, -0.1) is 0 Å². The Bertz CT molecular complexity index is 462. The number of carbonyl (C=O) groups is 1. The van der Waals surface area contributed by atoms with Crippen LogP contribution >= 0.6 is 15.9 Å². The number of carbonyl (C=O) groups excluding carboxylic acids is 1. The molecule has 6 nitrogen and oxygen atoms in total. The lowest BCUT2D eigenvalue weighted by Gasteiger charge is -2.06. The highest BCUT2D eigenvalue weighted by Crippen LogP contribution is 2.24. The van der Waals surface area contributed by atoms with Crippen molar-refractivity contribution in [1.82, 2.24) is 5.32 Å². The quantitative estimate of drug-likeness (QED) is 0.363. The number of nitrogens with one attached hydrogen (secondary N) is 1. The predicted molar refractivity (Wildman–Crippen MR) is 68.8 cm³/mol. The summed E-state index contributed by atoms with van der Waals surface area (Å²) < 4.78 is 0.494. The average molecular weight is 317 g/mol. The zero-order chi connectivity index (χ0) is 13.5. The van der Waals surface area contributed by atoms with Gasteiger partial charge in [-0.25, -0.2) is 0 Å². The van der Waals surface area contributed by atoms with Crippen LogP contribution in [0.2, 0.25) is 0 Å². The van der Waals surface area contributed by atoms with Crippen molar-refractivity contribution in [2.45, 2.75) is 6.42 Å². The molecule has 0 saturated carbocycles. The van der Waals surface area contributed by atoms with E-state index < -0.39 is 5.91 Å². The van der Waals surface area contributed by atoms with Crippen LogP contribution in [-0.2, 0) is 11.2 Å². The molecule has 0 fully saturated rings. The van der Waals surface area contributed by atoms with E-state index in [1.165, 1.54) is 6.07 Å². The SMILES string of the molecule is O=C(NCCO)/C(Cc1ccc(O)c(Br)c1)=N/O. The van der Waals surface area contributed by atoms with Gasteiger partial charge in [-0.1, -0.05) is 11.2 Å². The van der Waals surface area contributed by atoms with Crippen molar-refractivity contribution in [3.63, 3.8) is 0 Å². The number of hydrogen-bond acceptors (Lipinski definition) is 5. The highest BCUT2D eigenvalue weighted by Gasteiger charge is 2.13. The molecule has 7 heteroatoms. The van der Waals surface area contributed by atoms with Gasteiger partial charge in [0.15, 0.2) is 0 Å². The molecule has 98 valence electrons. The predicted octanol–water partition coefficient (Wildman–Crippen LogP) is 0.636. The van der Waals surface area contributed by atoms with E-state index in [0.29, 0.717) is 10.0 Å². The fraction of sp³-hybridized carbons (Fsp3) is 0.273. The first-order valence-corrected chi connectivity index (χ1v) is 5.95. The molecule has 0 bridgehead atoms. The summed E-state index contributed by atoms with van der Waals surface area (Å²) in [5.74, 6) is -0.457. The van der Waals surface area contributed by atoms with Gasteiger partial charge >= 0.3 is 0 Å². The zero-order valence-corrected chi connectivity index (χ0v) is 11.0. The van der Waals surface area contributed by atoms with Crippen LogP contribution in [0.3, 0.4) is 0 Å². The normalized spacial score (nSPS) is 11.3. The largest absolute Gasteiger partial charge is 0.507 e. The van der Waals surface area contributed by atoms with Gasteiger partial charge in [-0.05, 0) is 33.6 Å². The molecule has 1 aromatic carbocycles.